The maximum atomic E-state index is 14.2. The van der Waals surface area contributed by atoms with E-state index in [1.54, 1.807) is 63.2 Å². The Balaban J connectivity index is 0.000000260. The third-order valence-corrected chi connectivity index (χ3v) is 10.1. The van der Waals surface area contributed by atoms with E-state index in [4.69, 9.17) is 9.05 Å². The monoisotopic (exact) mass is 1120 g/mol. The second-order valence-corrected chi connectivity index (χ2v) is 17.5. The molecule has 6 heterocycles. The molecule has 2 unspecified atom stereocenters. The molecule has 0 saturated carbocycles. The largest absolute Gasteiger partial charge is 1.00 e. The zero-order chi connectivity index (χ0) is 54.6. The van der Waals surface area contributed by atoms with Crippen molar-refractivity contribution in [3.05, 3.63) is 132 Å². The molecule has 396 valence electrons. The average molecular weight is 1120 g/mol. The number of rotatable bonds is 13. The molecule has 0 aliphatic carbocycles. The van der Waals surface area contributed by atoms with Gasteiger partial charge in [-0.25, -0.2) is 37.5 Å². The maximum Gasteiger partial charge on any atom is 1.00 e. The quantitative estimate of drug-likeness (QED) is 0.0484. The first kappa shape index (κ1) is 60.8. The van der Waals surface area contributed by atoms with E-state index < -0.39 is 71.3 Å². The van der Waals surface area contributed by atoms with Crippen LogP contribution < -0.4 is 34.6 Å². The van der Waals surface area contributed by atoms with Crippen LogP contribution in [-0.4, -0.2) is 103 Å². The molecule has 29 heteroatoms. The van der Waals surface area contributed by atoms with Crippen LogP contribution in [0.3, 0.4) is 0 Å². The molecule has 0 spiro atoms. The Morgan fingerprint density at radius 1 is 0.640 bits per heavy atom. The molecule has 2 aromatic carbocycles. The number of aromatic amines is 1. The summed E-state index contributed by atoms with van der Waals surface area (Å²) in [5.41, 5.74) is -3.84. The van der Waals surface area contributed by atoms with Gasteiger partial charge >= 0.3 is 31.2 Å². The molecular weight excluding hydrogens is 1080 g/mol. The summed E-state index contributed by atoms with van der Waals surface area (Å²) in [6, 6.07) is 18.9. The predicted molar refractivity (Wildman–Crippen MR) is 248 cm³/mol. The van der Waals surface area contributed by atoms with Crippen LogP contribution in [0.4, 0.5) is 55.5 Å². The van der Waals surface area contributed by atoms with Crippen molar-refractivity contribution in [2.75, 3.05) is 23.7 Å². The fourth-order valence-corrected chi connectivity index (χ4v) is 5.91. The van der Waals surface area contributed by atoms with Gasteiger partial charge in [-0.05, 0) is 43.7 Å². The molecule has 6 aromatic heterocycles. The molecule has 0 aliphatic rings. The van der Waals surface area contributed by atoms with E-state index in [2.05, 4.69) is 72.1 Å². The number of benzene rings is 2. The van der Waals surface area contributed by atoms with Crippen LogP contribution in [0.15, 0.2) is 107 Å². The second-order valence-electron chi connectivity index (χ2n) is 17.0. The minimum absolute atomic E-state index is 0. The third kappa shape index (κ3) is 17.4. The van der Waals surface area contributed by atoms with E-state index in [1.807, 2.05) is 6.07 Å². The fourth-order valence-electron chi connectivity index (χ4n) is 5.45. The third-order valence-electron chi connectivity index (χ3n) is 9.52. The van der Waals surface area contributed by atoms with E-state index in [0.29, 0.717) is 53.1 Å². The summed E-state index contributed by atoms with van der Waals surface area (Å²) in [5, 5.41) is 52.5. The van der Waals surface area contributed by atoms with E-state index in [1.165, 1.54) is 41.5 Å². The Labute approximate surface area is 440 Å². The summed E-state index contributed by atoms with van der Waals surface area (Å²) in [4.78, 5) is 15.4. The molecule has 0 aliphatic heterocycles. The van der Waals surface area contributed by atoms with Gasteiger partial charge in [-0.1, -0.05) is 83.4 Å². The fraction of sp³-hybridized carbons (Fsp3) is 0.304. The predicted octanol–water partition coefficient (Wildman–Crippen LogP) is 6.30. The average Bonchev–Trinajstić information content (AvgIpc) is 4.18. The van der Waals surface area contributed by atoms with Gasteiger partial charge in [-0.15, -0.1) is 5.60 Å². The molecule has 8 aromatic rings. The Hall–Kier alpha value is -6.70. The van der Waals surface area contributed by atoms with Crippen molar-refractivity contribution in [2.24, 2.45) is 0 Å². The Morgan fingerprint density at radius 2 is 1.11 bits per heavy atom. The minimum atomic E-state index is -4.94. The van der Waals surface area contributed by atoms with Crippen LogP contribution in [0.2, 0.25) is 0 Å². The van der Waals surface area contributed by atoms with Crippen molar-refractivity contribution in [2.45, 2.75) is 75.6 Å². The molecular formula is C46H44BrF10LiN12O5. The Kier molecular flexibility index (Phi) is 20.8. The molecule has 0 saturated heterocycles. The summed E-state index contributed by atoms with van der Waals surface area (Å²) >= 11 is 3.17. The van der Waals surface area contributed by atoms with Gasteiger partial charge < -0.3 is 35.0 Å². The molecule has 75 heavy (non-hydrogen) atoms. The van der Waals surface area contributed by atoms with Crippen molar-refractivity contribution in [3.8, 4) is 45.8 Å². The Bertz CT molecular complexity index is 3040. The van der Waals surface area contributed by atoms with Crippen LogP contribution in [0.25, 0.3) is 45.8 Å². The molecule has 0 fully saturated rings. The van der Waals surface area contributed by atoms with Crippen molar-refractivity contribution in [3.63, 3.8) is 0 Å². The van der Waals surface area contributed by atoms with Gasteiger partial charge in [0.25, 0.3) is 0 Å². The van der Waals surface area contributed by atoms with Crippen LogP contribution in [-0.2, 0) is 11.9 Å². The van der Waals surface area contributed by atoms with Gasteiger partial charge in [0.2, 0.25) is 0 Å². The van der Waals surface area contributed by atoms with Crippen molar-refractivity contribution in [1.29, 1.82) is 0 Å². The number of hydrogen-bond donors (Lipinski definition) is 5. The zero-order valence-corrected chi connectivity index (χ0v) is 42.0. The summed E-state index contributed by atoms with van der Waals surface area (Å²) in [7, 11) is 0. The second kappa shape index (κ2) is 25.7. The molecule has 2 atom stereocenters. The first-order chi connectivity index (χ1) is 34.6. The van der Waals surface area contributed by atoms with Crippen LogP contribution in [0.1, 0.15) is 45.7 Å². The molecule has 8 rings (SSSR count). The number of halogens is 11. The number of nitrogens with one attached hydrogen (secondary N) is 3. The minimum Gasteiger partial charge on any atom is -0.850 e. The van der Waals surface area contributed by atoms with Gasteiger partial charge in [-0.3, -0.25) is 9.78 Å². The standard InChI is InChI=1S/C21H17F5N6O2.C14H12F4N6O2.C7H6BrF.C4H9O.Li/c1-20(33,21(24,25)26)11-28-18-14(23)9-27-19(29-18)16-8-17(15-6-7-34-31-15)32(30-16)10-12-4-2-3-5-13(12)22;1-13(25,14(16,17)18)6-20-11-7(15)5-19-12(21-11)10-4-9(22-23-10)8-2-3-26-24-8;8-5-6-3-1-2-4-7(6)9;1-4(2,3)5;/h2-9,33H,10-11H2,1H3,(H,27,28,29);2-5,25H,6H2,1H3,(H,22,23)(H,19,20,21);1-4H,5H2;1-3H3;/q;;;-1;+1. The molecule has 0 amide bonds. The van der Waals surface area contributed by atoms with Crippen molar-refractivity contribution < 1.29 is 87.1 Å². The van der Waals surface area contributed by atoms with Gasteiger partial charge in [0.05, 0.1) is 37.7 Å². The SMILES string of the molecule is CC(C)(C)[O-].CC(O)(CNc1nc(-c2cc(-c3ccon3)n(Cc3ccccc3F)n2)ncc1F)C(F)(F)F.CC(O)(CNc1nc(-c2cc(-c3ccon3)n[nH]2)ncc1F)C(F)(F)F.Fc1ccccc1CBr.[Li+]. The summed E-state index contributed by atoms with van der Waals surface area (Å²) in [6.07, 6.45) is -5.58. The summed E-state index contributed by atoms with van der Waals surface area (Å²) < 4.78 is 142. The van der Waals surface area contributed by atoms with Gasteiger partial charge in [0.1, 0.15) is 52.6 Å². The normalized spacial score (nSPS) is 13.1. The molecule has 5 N–H and O–H groups in total. The van der Waals surface area contributed by atoms with E-state index in [-0.39, 0.29) is 54.3 Å². The molecule has 0 radical (unpaired) electrons. The van der Waals surface area contributed by atoms with Crippen LogP contribution in [0.5, 0.6) is 0 Å². The maximum absolute atomic E-state index is 14.2. The number of nitrogens with zero attached hydrogens (tertiary/aromatic N) is 9. The van der Waals surface area contributed by atoms with E-state index in [0.717, 1.165) is 12.4 Å². The molecule has 0 bridgehead atoms. The van der Waals surface area contributed by atoms with Crippen LogP contribution >= 0.6 is 15.9 Å². The van der Waals surface area contributed by atoms with Crippen molar-refractivity contribution in [1.82, 2.24) is 50.2 Å². The topological polar surface area (TPSA) is 238 Å². The summed E-state index contributed by atoms with van der Waals surface area (Å²) in [6.45, 7) is 3.99. The number of anilines is 2. The number of H-pyrrole nitrogens is 1. The number of alkyl halides is 7. The van der Waals surface area contributed by atoms with Crippen LogP contribution in [0, 0.1) is 23.3 Å². The van der Waals surface area contributed by atoms with Gasteiger partial charge in [-0.2, -0.15) is 36.5 Å². The summed E-state index contributed by atoms with van der Waals surface area (Å²) in [5.74, 6) is -3.76. The first-order valence-electron chi connectivity index (χ1n) is 21.4. The zero-order valence-electron chi connectivity index (χ0n) is 40.4. The Morgan fingerprint density at radius 3 is 1.56 bits per heavy atom. The van der Waals surface area contributed by atoms with E-state index >= 15 is 0 Å². The molecule has 17 nitrogen and oxygen atoms in total. The first-order valence-corrected chi connectivity index (χ1v) is 22.5. The van der Waals surface area contributed by atoms with Gasteiger partial charge in [0, 0.05) is 23.0 Å². The number of aliphatic hydroxyl groups is 2. The van der Waals surface area contributed by atoms with Crippen molar-refractivity contribution >= 4 is 27.6 Å². The number of hydrogen-bond acceptors (Lipinski definition) is 15. The number of aromatic nitrogens is 10. The van der Waals surface area contributed by atoms with E-state index in [9.17, 15) is 59.2 Å². The smallest absolute Gasteiger partial charge is 0.850 e. The van der Waals surface area contributed by atoms with Gasteiger partial charge in [0.15, 0.2) is 46.1 Å².